The number of Topliss-reactive ketones (excluding diaryl/α,β-unsaturated/α-hetero) is 1. The molecule has 1 aliphatic rings. The Balaban J connectivity index is 2.77. The Labute approximate surface area is 118 Å². The van der Waals surface area contributed by atoms with Crippen LogP contribution in [0.25, 0.3) is 4.91 Å². The number of carbonyl (C=O) groups excluding carboxylic acids is 1. The molecular weight excluding hydrogens is 369 g/mol. The normalized spacial score (nSPS) is 17.6. The molecule has 0 saturated carbocycles. The second-order valence-corrected chi connectivity index (χ2v) is 5.64. The Morgan fingerprint density at radius 2 is 1.83 bits per heavy atom. The molecule has 0 heterocycles. The van der Waals surface area contributed by atoms with Gasteiger partial charge in [0, 0.05) is 11.1 Å². The predicted octanol–water partition coefficient (Wildman–Crippen LogP) is 1.99. The molecule has 0 aromatic heterocycles. The lowest BCUT2D eigenvalue weighted by atomic mass is 9.95. The van der Waals surface area contributed by atoms with Crippen molar-refractivity contribution >= 4 is 49.4 Å². The molecule has 2 rings (SSSR count). The number of rotatable bonds is 2. The number of hydrogen-bond donors (Lipinski definition) is 0. The topological polar surface area (TPSA) is 72.8 Å². The highest BCUT2D eigenvalue weighted by Crippen LogP contribution is 2.30. The minimum atomic E-state index is -3.88. The standard InChI is InChI=1S/C11H8INO4S/c1-17-18(15,16)10-6-9(13-12)11(14)8-5-3-2-4-7(8)10/h2-6H,1H3. The highest BCUT2D eigenvalue weighted by atomic mass is 127. The van der Waals surface area contributed by atoms with Crippen LogP contribution in [-0.2, 0) is 14.3 Å². The molecule has 0 aliphatic heterocycles. The van der Waals surface area contributed by atoms with Crippen LogP contribution in [0.1, 0.15) is 15.9 Å². The van der Waals surface area contributed by atoms with Crippen molar-refractivity contribution in [1.29, 1.82) is 0 Å². The van der Waals surface area contributed by atoms with E-state index in [1.165, 1.54) is 6.08 Å². The molecule has 0 N–H and O–H groups in total. The van der Waals surface area contributed by atoms with Crippen molar-refractivity contribution < 1.29 is 17.4 Å². The minimum Gasteiger partial charge on any atom is -0.287 e. The molecule has 1 aliphatic carbocycles. The van der Waals surface area contributed by atoms with Gasteiger partial charge >= 0.3 is 0 Å². The van der Waals surface area contributed by atoms with Crippen LogP contribution >= 0.6 is 22.9 Å². The number of carbonyl (C=O) groups is 1. The molecule has 0 amide bonds. The molecule has 0 radical (unpaired) electrons. The summed E-state index contributed by atoms with van der Waals surface area (Å²) in [6.07, 6.45) is 1.23. The number of fused-ring (bicyclic) bond motifs is 1. The Kier molecular flexibility index (Phi) is 3.64. The lowest BCUT2D eigenvalue weighted by molar-refractivity contribution is 0.106. The summed E-state index contributed by atoms with van der Waals surface area (Å²) in [6, 6.07) is 6.47. The molecule has 0 bridgehead atoms. The van der Waals surface area contributed by atoms with Gasteiger partial charge in [-0.25, -0.2) is 3.21 Å². The SMILES string of the molecule is COS(=O)(=O)C1=CC(=NI)C(=O)c2ccccc21. The zero-order chi connectivity index (χ0) is 13.3. The summed E-state index contributed by atoms with van der Waals surface area (Å²) in [7, 11) is -2.80. The lowest BCUT2D eigenvalue weighted by Gasteiger charge is -2.16. The molecule has 1 aromatic carbocycles. The predicted molar refractivity (Wildman–Crippen MR) is 76.1 cm³/mol. The van der Waals surface area contributed by atoms with E-state index in [4.69, 9.17) is 0 Å². The fourth-order valence-corrected chi connectivity index (χ4v) is 2.90. The van der Waals surface area contributed by atoms with E-state index in [1.807, 2.05) is 0 Å². The summed E-state index contributed by atoms with van der Waals surface area (Å²) in [6.45, 7) is 0. The summed E-state index contributed by atoms with van der Waals surface area (Å²) in [5.74, 6) is -0.296. The Hall–Kier alpha value is -1.06. The maximum Gasteiger partial charge on any atom is 0.297 e. The minimum absolute atomic E-state index is 0.0457. The Bertz CT molecular complexity index is 676. The van der Waals surface area contributed by atoms with Crippen molar-refractivity contribution in [2.45, 2.75) is 0 Å². The van der Waals surface area contributed by atoms with Crippen LogP contribution in [0.4, 0.5) is 0 Å². The maximum absolute atomic E-state index is 12.0. The van der Waals surface area contributed by atoms with Gasteiger partial charge in [-0.15, -0.1) is 0 Å². The lowest BCUT2D eigenvalue weighted by Crippen LogP contribution is -2.21. The molecule has 18 heavy (non-hydrogen) atoms. The first kappa shape index (κ1) is 13.4. The first-order valence-electron chi connectivity index (χ1n) is 4.86. The Morgan fingerprint density at radius 1 is 1.22 bits per heavy atom. The van der Waals surface area contributed by atoms with Crippen molar-refractivity contribution in [3.05, 3.63) is 41.5 Å². The monoisotopic (exact) mass is 377 g/mol. The molecular formula is C11H8INO4S. The number of nitrogens with zero attached hydrogens (tertiary/aromatic N) is 1. The van der Waals surface area contributed by atoms with Crippen LogP contribution in [0.3, 0.4) is 0 Å². The molecule has 0 spiro atoms. The molecule has 0 atom stereocenters. The van der Waals surface area contributed by atoms with Gasteiger partial charge in [-0.1, -0.05) is 24.3 Å². The van der Waals surface area contributed by atoms with E-state index < -0.39 is 10.1 Å². The molecule has 1 aromatic rings. The number of halogens is 1. The second kappa shape index (κ2) is 4.90. The number of allylic oxidation sites excluding steroid dienone is 1. The van der Waals surface area contributed by atoms with Crippen molar-refractivity contribution in [3.8, 4) is 0 Å². The molecule has 94 valence electrons. The van der Waals surface area contributed by atoms with Gasteiger partial charge in [0.2, 0.25) is 5.78 Å². The molecule has 5 nitrogen and oxygen atoms in total. The second-order valence-electron chi connectivity index (χ2n) is 3.47. The number of benzene rings is 1. The van der Waals surface area contributed by atoms with Gasteiger partial charge in [-0.2, -0.15) is 8.42 Å². The number of ketones is 1. The van der Waals surface area contributed by atoms with Gasteiger partial charge in [0.25, 0.3) is 10.1 Å². The molecule has 0 fully saturated rings. The molecule has 0 saturated heterocycles. The van der Waals surface area contributed by atoms with Crippen LogP contribution in [0.2, 0.25) is 0 Å². The summed E-state index contributed by atoms with van der Waals surface area (Å²) in [4.78, 5) is 11.9. The van der Waals surface area contributed by atoms with E-state index >= 15 is 0 Å². The van der Waals surface area contributed by atoms with Crippen molar-refractivity contribution in [1.82, 2.24) is 0 Å². The van der Waals surface area contributed by atoms with E-state index in [0.29, 0.717) is 11.1 Å². The van der Waals surface area contributed by atoms with E-state index in [9.17, 15) is 13.2 Å². The van der Waals surface area contributed by atoms with Crippen LogP contribution in [0, 0.1) is 0 Å². The average molecular weight is 377 g/mol. The zero-order valence-electron chi connectivity index (χ0n) is 9.25. The van der Waals surface area contributed by atoms with E-state index in [2.05, 4.69) is 7.39 Å². The first-order chi connectivity index (χ1) is 8.51. The van der Waals surface area contributed by atoms with Crippen molar-refractivity contribution in [2.24, 2.45) is 3.21 Å². The summed E-state index contributed by atoms with van der Waals surface area (Å²) >= 11 is 1.66. The Morgan fingerprint density at radius 3 is 2.39 bits per heavy atom. The van der Waals surface area contributed by atoms with Crippen LogP contribution in [-0.4, -0.2) is 27.0 Å². The van der Waals surface area contributed by atoms with E-state index in [-0.39, 0.29) is 16.4 Å². The summed E-state index contributed by atoms with van der Waals surface area (Å²) < 4.78 is 31.9. The highest BCUT2D eigenvalue weighted by molar-refractivity contribution is 14.1. The van der Waals surface area contributed by atoms with Gasteiger partial charge < -0.3 is 0 Å². The fourth-order valence-electron chi connectivity index (χ4n) is 1.66. The van der Waals surface area contributed by atoms with E-state index in [1.54, 1.807) is 47.1 Å². The van der Waals surface area contributed by atoms with Crippen molar-refractivity contribution in [3.63, 3.8) is 0 Å². The quantitative estimate of drug-likeness (QED) is 0.584. The summed E-state index contributed by atoms with van der Waals surface area (Å²) in [5.41, 5.74) is 0.740. The van der Waals surface area contributed by atoms with Gasteiger partial charge in [0.1, 0.15) is 10.6 Å². The average Bonchev–Trinajstić information content (AvgIpc) is 2.39. The third-order valence-corrected chi connectivity index (χ3v) is 4.35. The van der Waals surface area contributed by atoms with Crippen LogP contribution in [0.15, 0.2) is 33.5 Å². The van der Waals surface area contributed by atoms with Gasteiger partial charge in [0.05, 0.1) is 30.0 Å². The first-order valence-corrected chi connectivity index (χ1v) is 7.24. The fraction of sp³-hybridized carbons (Fsp3) is 0.0909. The third kappa shape index (κ3) is 2.13. The molecule has 7 heteroatoms. The van der Waals surface area contributed by atoms with E-state index in [0.717, 1.165) is 7.11 Å². The smallest absolute Gasteiger partial charge is 0.287 e. The van der Waals surface area contributed by atoms with Crippen molar-refractivity contribution in [2.75, 3.05) is 7.11 Å². The van der Waals surface area contributed by atoms with Gasteiger partial charge in [-0.3, -0.25) is 8.98 Å². The molecule has 0 unspecified atom stereocenters. The zero-order valence-corrected chi connectivity index (χ0v) is 12.2. The summed E-state index contributed by atoms with van der Waals surface area (Å²) in [5, 5.41) is 0. The van der Waals surface area contributed by atoms with Crippen LogP contribution < -0.4 is 0 Å². The highest BCUT2D eigenvalue weighted by Gasteiger charge is 2.30. The van der Waals surface area contributed by atoms with Crippen LogP contribution in [0.5, 0.6) is 0 Å². The largest absolute Gasteiger partial charge is 0.297 e. The number of hydrogen-bond acceptors (Lipinski definition) is 5. The maximum atomic E-state index is 12.0. The van der Waals surface area contributed by atoms with Gasteiger partial charge in [0.15, 0.2) is 0 Å². The van der Waals surface area contributed by atoms with Gasteiger partial charge in [-0.05, 0) is 6.08 Å². The third-order valence-electron chi connectivity index (χ3n) is 2.52.